The van der Waals surface area contributed by atoms with Crippen LogP contribution in [0.15, 0.2) is 35.4 Å². The van der Waals surface area contributed by atoms with Crippen LogP contribution in [0, 0.1) is 0 Å². The van der Waals surface area contributed by atoms with E-state index in [0.717, 1.165) is 23.1 Å². The number of allylic oxidation sites excluding steroid dienone is 2. The molecule has 0 amide bonds. The van der Waals surface area contributed by atoms with Gasteiger partial charge in [0.1, 0.15) is 5.75 Å². The van der Waals surface area contributed by atoms with Crippen LogP contribution in [0.25, 0.3) is 0 Å². The molecule has 1 unspecified atom stereocenters. The molecule has 1 aliphatic carbocycles. The topological polar surface area (TPSA) is 37.3 Å². The predicted molar refractivity (Wildman–Crippen MR) is 63.5 cm³/mol. The van der Waals surface area contributed by atoms with Gasteiger partial charge in [0, 0.05) is 6.42 Å². The number of ketones is 1. The smallest absolute Gasteiger partial charge is 0.159 e. The molecule has 0 radical (unpaired) electrons. The number of hydrogen-bond donors (Lipinski definition) is 1. The molecule has 1 atom stereocenters. The van der Waals surface area contributed by atoms with Crippen LogP contribution < -0.4 is 0 Å². The summed E-state index contributed by atoms with van der Waals surface area (Å²) in [4.78, 5) is 11.8. The molecule has 0 spiro atoms. The number of hydrogen-bond acceptors (Lipinski definition) is 2. The van der Waals surface area contributed by atoms with E-state index in [1.54, 1.807) is 12.1 Å². The number of rotatable bonds is 1. The predicted octanol–water partition coefficient (Wildman–Crippen LogP) is 3.18. The van der Waals surface area contributed by atoms with Crippen LogP contribution in [0.4, 0.5) is 0 Å². The van der Waals surface area contributed by atoms with Crippen LogP contribution in [0.3, 0.4) is 0 Å². The third-order valence-corrected chi connectivity index (χ3v) is 3.42. The maximum atomic E-state index is 11.8. The van der Waals surface area contributed by atoms with Gasteiger partial charge in [-0.1, -0.05) is 23.8 Å². The Kier molecular flexibility index (Phi) is 2.82. The Bertz CT molecular complexity index is 458. The lowest BCUT2D eigenvalue weighted by Gasteiger charge is -2.24. The van der Waals surface area contributed by atoms with Gasteiger partial charge in [0.25, 0.3) is 0 Å². The second-order valence-electron chi connectivity index (χ2n) is 4.49. The molecular formula is C14H16O2. The SMILES string of the molecule is CC1=C(C)C(=O)CC(c2ccccc2O)C1. The molecule has 1 N–H and O–H groups in total. The first-order chi connectivity index (χ1) is 7.59. The molecule has 0 aromatic heterocycles. The van der Waals surface area contributed by atoms with Gasteiger partial charge < -0.3 is 5.11 Å². The average molecular weight is 216 g/mol. The van der Waals surface area contributed by atoms with Crippen molar-refractivity contribution < 1.29 is 9.90 Å². The summed E-state index contributed by atoms with van der Waals surface area (Å²) in [7, 11) is 0. The molecule has 0 heterocycles. The van der Waals surface area contributed by atoms with E-state index < -0.39 is 0 Å². The maximum Gasteiger partial charge on any atom is 0.159 e. The van der Waals surface area contributed by atoms with Crippen molar-refractivity contribution in [1.29, 1.82) is 0 Å². The van der Waals surface area contributed by atoms with Crippen LogP contribution in [0.2, 0.25) is 0 Å². The largest absolute Gasteiger partial charge is 0.508 e. The molecule has 2 heteroatoms. The summed E-state index contributed by atoms with van der Waals surface area (Å²) in [5.74, 6) is 0.641. The molecular weight excluding hydrogens is 200 g/mol. The monoisotopic (exact) mass is 216 g/mol. The Morgan fingerprint density at radius 1 is 1.19 bits per heavy atom. The van der Waals surface area contributed by atoms with Crippen molar-refractivity contribution in [3.05, 3.63) is 41.0 Å². The summed E-state index contributed by atoms with van der Waals surface area (Å²) in [6, 6.07) is 7.29. The van der Waals surface area contributed by atoms with Gasteiger partial charge in [0.05, 0.1) is 0 Å². The maximum absolute atomic E-state index is 11.8. The van der Waals surface area contributed by atoms with Gasteiger partial charge in [0.2, 0.25) is 0 Å². The lowest BCUT2D eigenvalue weighted by molar-refractivity contribution is -0.116. The molecule has 2 rings (SSSR count). The zero-order valence-electron chi connectivity index (χ0n) is 9.66. The molecule has 0 saturated carbocycles. The van der Waals surface area contributed by atoms with Crippen LogP contribution in [0.5, 0.6) is 5.75 Å². The van der Waals surface area contributed by atoms with E-state index in [4.69, 9.17) is 0 Å². The Morgan fingerprint density at radius 2 is 1.88 bits per heavy atom. The van der Waals surface area contributed by atoms with Gasteiger partial charge in [-0.05, 0) is 43.4 Å². The standard InChI is InChI=1S/C14H16O2/c1-9-7-11(8-14(16)10(9)2)12-5-3-4-6-13(12)15/h3-6,11,15H,7-8H2,1-2H3. The van der Waals surface area contributed by atoms with Gasteiger partial charge in [-0.25, -0.2) is 0 Å². The summed E-state index contributed by atoms with van der Waals surface area (Å²) in [6.07, 6.45) is 1.38. The molecule has 1 aromatic carbocycles. The quantitative estimate of drug-likeness (QED) is 0.782. The Balaban J connectivity index is 2.33. The number of aromatic hydroxyl groups is 1. The van der Waals surface area contributed by atoms with Gasteiger partial charge in [-0.3, -0.25) is 4.79 Å². The lowest BCUT2D eigenvalue weighted by atomic mass is 9.80. The van der Waals surface area contributed by atoms with E-state index >= 15 is 0 Å². The van der Waals surface area contributed by atoms with Crippen LogP contribution in [-0.4, -0.2) is 10.9 Å². The zero-order valence-corrected chi connectivity index (χ0v) is 9.66. The summed E-state index contributed by atoms with van der Waals surface area (Å²) >= 11 is 0. The fourth-order valence-corrected chi connectivity index (χ4v) is 2.26. The number of phenols is 1. The third kappa shape index (κ3) is 1.87. The number of para-hydroxylation sites is 1. The minimum absolute atomic E-state index is 0.136. The van der Waals surface area contributed by atoms with E-state index in [9.17, 15) is 9.90 Å². The zero-order chi connectivity index (χ0) is 11.7. The highest BCUT2D eigenvalue weighted by atomic mass is 16.3. The summed E-state index contributed by atoms with van der Waals surface area (Å²) in [5, 5.41) is 9.77. The minimum atomic E-state index is 0.136. The number of benzene rings is 1. The Hall–Kier alpha value is -1.57. The van der Waals surface area contributed by atoms with Gasteiger partial charge in [0.15, 0.2) is 5.78 Å². The van der Waals surface area contributed by atoms with Crippen molar-refractivity contribution in [2.24, 2.45) is 0 Å². The highest BCUT2D eigenvalue weighted by molar-refractivity contribution is 5.97. The lowest BCUT2D eigenvalue weighted by Crippen LogP contribution is -2.16. The molecule has 0 bridgehead atoms. The molecule has 84 valence electrons. The van der Waals surface area contributed by atoms with Crippen molar-refractivity contribution in [3.8, 4) is 5.75 Å². The number of carbonyl (C=O) groups is 1. The summed E-state index contributed by atoms with van der Waals surface area (Å²) in [6.45, 7) is 3.89. The van der Waals surface area contributed by atoms with E-state index in [2.05, 4.69) is 0 Å². The van der Waals surface area contributed by atoms with Crippen LogP contribution in [0.1, 0.15) is 38.2 Å². The number of Topliss-reactive ketones (excluding diaryl/α,β-unsaturated/α-hetero) is 1. The molecule has 0 saturated heterocycles. The summed E-state index contributed by atoms with van der Waals surface area (Å²) < 4.78 is 0. The first-order valence-electron chi connectivity index (χ1n) is 5.57. The van der Waals surface area contributed by atoms with Gasteiger partial charge in [-0.15, -0.1) is 0 Å². The van der Waals surface area contributed by atoms with Crippen molar-refractivity contribution in [3.63, 3.8) is 0 Å². The molecule has 0 aliphatic heterocycles. The molecule has 1 aliphatic rings. The molecule has 2 nitrogen and oxygen atoms in total. The first-order valence-corrected chi connectivity index (χ1v) is 5.57. The Labute approximate surface area is 95.6 Å². The van der Waals surface area contributed by atoms with E-state index in [0.29, 0.717) is 12.2 Å². The normalized spacial score (nSPS) is 21.4. The highest BCUT2D eigenvalue weighted by Crippen LogP contribution is 2.37. The van der Waals surface area contributed by atoms with Crippen molar-refractivity contribution in [2.45, 2.75) is 32.6 Å². The second-order valence-corrected chi connectivity index (χ2v) is 4.49. The van der Waals surface area contributed by atoms with Crippen molar-refractivity contribution >= 4 is 5.78 Å². The molecule has 0 fully saturated rings. The highest BCUT2D eigenvalue weighted by Gasteiger charge is 2.25. The molecule has 16 heavy (non-hydrogen) atoms. The third-order valence-electron chi connectivity index (χ3n) is 3.42. The van der Waals surface area contributed by atoms with Gasteiger partial charge in [-0.2, -0.15) is 0 Å². The fraction of sp³-hybridized carbons (Fsp3) is 0.357. The number of carbonyl (C=O) groups excluding carboxylic acids is 1. The van der Waals surface area contributed by atoms with Crippen LogP contribution in [-0.2, 0) is 4.79 Å². The Morgan fingerprint density at radius 3 is 2.50 bits per heavy atom. The van der Waals surface area contributed by atoms with Crippen LogP contribution >= 0.6 is 0 Å². The van der Waals surface area contributed by atoms with E-state index in [1.807, 2.05) is 26.0 Å². The van der Waals surface area contributed by atoms with Crippen molar-refractivity contribution in [2.75, 3.05) is 0 Å². The average Bonchev–Trinajstić information content (AvgIpc) is 2.26. The fourth-order valence-electron chi connectivity index (χ4n) is 2.26. The second kappa shape index (κ2) is 4.12. The number of phenolic OH excluding ortho intramolecular Hbond substituents is 1. The molecule has 1 aromatic rings. The van der Waals surface area contributed by atoms with Gasteiger partial charge >= 0.3 is 0 Å². The first kappa shape index (κ1) is 10.9. The summed E-state index contributed by atoms with van der Waals surface area (Å²) in [5.41, 5.74) is 2.93. The minimum Gasteiger partial charge on any atom is -0.508 e. The van der Waals surface area contributed by atoms with E-state index in [-0.39, 0.29) is 11.7 Å². The van der Waals surface area contributed by atoms with E-state index in [1.165, 1.54) is 0 Å². The van der Waals surface area contributed by atoms with Crippen molar-refractivity contribution in [1.82, 2.24) is 0 Å².